The normalized spacial score (nSPS) is 13.2. The van der Waals surface area contributed by atoms with E-state index in [2.05, 4.69) is 58.7 Å². The fourth-order valence-electron chi connectivity index (χ4n) is 2.23. The van der Waals surface area contributed by atoms with Crippen molar-refractivity contribution in [2.75, 3.05) is 5.73 Å². The van der Waals surface area contributed by atoms with E-state index in [-0.39, 0.29) is 10.8 Å². The van der Waals surface area contributed by atoms with Crippen molar-refractivity contribution in [2.45, 2.75) is 52.4 Å². The average molecular weight is 262 g/mol. The third-order valence-corrected chi connectivity index (χ3v) is 4.01. The maximum atomic E-state index is 5.82. The minimum Gasteiger partial charge on any atom is -0.375 e. The maximum absolute atomic E-state index is 5.82. The summed E-state index contributed by atoms with van der Waals surface area (Å²) in [6, 6.07) is 4.48. The minimum atomic E-state index is 0.120. The van der Waals surface area contributed by atoms with Crippen molar-refractivity contribution in [2.24, 2.45) is 0 Å². The Labute approximate surface area is 113 Å². The molecule has 0 spiro atoms. The fourth-order valence-corrected chi connectivity index (χ4v) is 2.99. The Balaban J connectivity index is 2.80. The van der Waals surface area contributed by atoms with Gasteiger partial charge in [0.05, 0.1) is 10.2 Å². The quantitative estimate of drug-likeness (QED) is 0.760. The first-order valence-electron chi connectivity index (χ1n) is 6.30. The van der Waals surface area contributed by atoms with E-state index in [1.807, 2.05) is 0 Å². The first-order valence-corrected chi connectivity index (χ1v) is 7.12. The zero-order valence-corrected chi connectivity index (χ0v) is 12.9. The summed E-state index contributed by atoms with van der Waals surface area (Å²) in [5.74, 6) is 0. The lowest BCUT2D eigenvalue weighted by atomic mass is 9.75. The van der Waals surface area contributed by atoms with Crippen LogP contribution in [0.4, 0.5) is 5.13 Å². The van der Waals surface area contributed by atoms with Crippen LogP contribution in [0.3, 0.4) is 0 Å². The predicted octanol–water partition coefficient (Wildman–Crippen LogP) is 4.47. The number of nitrogens with two attached hydrogens (primary N) is 1. The van der Waals surface area contributed by atoms with Gasteiger partial charge in [-0.25, -0.2) is 4.98 Å². The maximum Gasteiger partial charge on any atom is 0.181 e. The van der Waals surface area contributed by atoms with E-state index < -0.39 is 0 Å². The Hall–Kier alpha value is -1.09. The third kappa shape index (κ3) is 2.37. The summed E-state index contributed by atoms with van der Waals surface area (Å²) in [6.07, 6.45) is 0. The number of hydrogen-bond acceptors (Lipinski definition) is 3. The molecule has 3 heteroatoms. The molecule has 0 unspecified atom stereocenters. The van der Waals surface area contributed by atoms with E-state index in [9.17, 15) is 0 Å². The summed E-state index contributed by atoms with van der Waals surface area (Å²) >= 11 is 1.57. The van der Waals surface area contributed by atoms with Gasteiger partial charge < -0.3 is 5.73 Å². The number of aromatic nitrogens is 1. The molecular weight excluding hydrogens is 240 g/mol. The molecule has 98 valence electrons. The van der Waals surface area contributed by atoms with Crippen LogP contribution in [0.1, 0.15) is 52.7 Å². The molecule has 2 aromatic rings. The molecule has 0 radical (unpaired) electrons. The van der Waals surface area contributed by atoms with E-state index in [1.165, 1.54) is 15.8 Å². The Bertz CT molecular complexity index is 532. The molecule has 0 aliphatic rings. The van der Waals surface area contributed by atoms with Crippen LogP contribution in [0.15, 0.2) is 12.1 Å². The van der Waals surface area contributed by atoms with Gasteiger partial charge in [0.15, 0.2) is 5.13 Å². The molecule has 2 rings (SSSR count). The van der Waals surface area contributed by atoms with Crippen LogP contribution in [-0.2, 0) is 10.8 Å². The monoisotopic (exact) mass is 262 g/mol. The van der Waals surface area contributed by atoms with Crippen LogP contribution < -0.4 is 5.73 Å². The molecule has 0 saturated heterocycles. The van der Waals surface area contributed by atoms with Gasteiger partial charge >= 0.3 is 0 Å². The third-order valence-electron chi connectivity index (χ3n) is 3.16. The highest BCUT2D eigenvalue weighted by Crippen LogP contribution is 2.38. The van der Waals surface area contributed by atoms with Crippen molar-refractivity contribution in [1.82, 2.24) is 4.98 Å². The van der Waals surface area contributed by atoms with Gasteiger partial charge in [-0.15, -0.1) is 0 Å². The van der Waals surface area contributed by atoms with E-state index in [0.717, 1.165) is 5.52 Å². The number of thiazole rings is 1. The highest BCUT2D eigenvalue weighted by Gasteiger charge is 2.26. The zero-order valence-electron chi connectivity index (χ0n) is 12.1. The number of nitrogen functional groups attached to an aromatic ring is 1. The van der Waals surface area contributed by atoms with Gasteiger partial charge in [-0.2, -0.15) is 0 Å². The second-order valence-corrected chi connectivity index (χ2v) is 7.98. The largest absolute Gasteiger partial charge is 0.375 e. The van der Waals surface area contributed by atoms with Crippen molar-refractivity contribution in [3.05, 3.63) is 23.3 Å². The summed E-state index contributed by atoms with van der Waals surface area (Å²) in [5.41, 5.74) is 9.86. The van der Waals surface area contributed by atoms with Gasteiger partial charge in [0.1, 0.15) is 0 Å². The molecule has 1 aromatic carbocycles. The van der Waals surface area contributed by atoms with Crippen LogP contribution in [0.25, 0.3) is 10.2 Å². The number of nitrogens with zero attached hydrogens (tertiary/aromatic N) is 1. The van der Waals surface area contributed by atoms with Crippen LogP contribution >= 0.6 is 11.3 Å². The van der Waals surface area contributed by atoms with E-state index in [4.69, 9.17) is 5.73 Å². The van der Waals surface area contributed by atoms with Gasteiger partial charge in [0, 0.05) is 0 Å². The predicted molar refractivity (Wildman–Crippen MR) is 81.4 cm³/mol. The van der Waals surface area contributed by atoms with Crippen molar-refractivity contribution >= 4 is 26.7 Å². The molecule has 0 atom stereocenters. The SMILES string of the molecule is CC(C)(C)c1cc2nc(N)sc2cc1C(C)(C)C. The highest BCUT2D eigenvalue weighted by molar-refractivity contribution is 7.22. The van der Waals surface area contributed by atoms with Crippen LogP contribution in [-0.4, -0.2) is 4.98 Å². The number of hydrogen-bond donors (Lipinski definition) is 1. The van der Waals surface area contributed by atoms with E-state index in [1.54, 1.807) is 11.3 Å². The highest BCUT2D eigenvalue weighted by atomic mass is 32.1. The summed E-state index contributed by atoms with van der Waals surface area (Å²) in [5, 5.41) is 0.649. The molecule has 0 amide bonds. The van der Waals surface area contributed by atoms with Crippen molar-refractivity contribution < 1.29 is 0 Å². The van der Waals surface area contributed by atoms with Crippen LogP contribution in [0.5, 0.6) is 0 Å². The number of benzene rings is 1. The first-order chi connectivity index (χ1) is 8.09. The standard InChI is InChI=1S/C15H22N2S/c1-14(2,3)9-7-11-12(18-13(16)17-11)8-10(9)15(4,5)6/h7-8H,1-6H3,(H2,16,17). The van der Waals surface area contributed by atoms with Gasteiger partial charge in [0.25, 0.3) is 0 Å². The average Bonchev–Trinajstić information content (AvgIpc) is 2.52. The summed E-state index contributed by atoms with van der Waals surface area (Å²) in [4.78, 5) is 4.41. The van der Waals surface area contributed by atoms with Gasteiger partial charge in [-0.05, 0) is 34.1 Å². The summed E-state index contributed by atoms with van der Waals surface area (Å²) < 4.78 is 1.19. The second kappa shape index (κ2) is 3.95. The van der Waals surface area contributed by atoms with Crippen LogP contribution in [0.2, 0.25) is 0 Å². The molecule has 2 N–H and O–H groups in total. The lowest BCUT2D eigenvalue weighted by Crippen LogP contribution is -2.21. The molecule has 1 aromatic heterocycles. The lowest BCUT2D eigenvalue weighted by molar-refractivity contribution is 0.531. The molecule has 0 aliphatic heterocycles. The van der Waals surface area contributed by atoms with E-state index in [0.29, 0.717) is 5.13 Å². The van der Waals surface area contributed by atoms with Crippen molar-refractivity contribution in [1.29, 1.82) is 0 Å². The second-order valence-electron chi connectivity index (χ2n) is 6.92. The molecule has 0 aliphatic carbocycles. The van der Waals surface area contributed by atoms with Gasteiger partial charge in [-0.3, -0.25) is 0 Å². The minimum absolute atomic E-state index is 0.120. The molecule has 0 saturated carbocycles. The first kappa shape index (κ1) is 13.3. The lowest BCUT2D eigenvalue weighted by Gasteiger charge is -2.30. The Morgan fingerprint density at radius 3 is 1.94 bits per heavy atom. The summed E-state index contributed by atoms with van der Waals surface area (Å²) in [7, 11) is 0. The molecule has 0 fully saturated rings. The Kier molecular flexibility index (Phi) is 2.93. The Morgan fingerprint density at radius 1 is 0.944 bits per heavy atom. The Morgan fingerprint density at radius 2 is 1.44 bits per heavy atom. The number of fused-ring (bicyclic) bond motifs is 1. The van der Waals surface area contributed by atoms with Gasteiger partial charge in [0.2, 0.25) is 0 Å². The van der Waals surface area contributed by atoms with Crippen molar-refractivity contribution in [3.8, 4) is 0 Å². The van der Waals surface area contributed by atoms with Gasteiger partial charge in [-0.1, -0.05) is 52.9 Å². The summed E-state index contributed by atoms with van der Waals surface area (Å²) in [6.45, 7) is 13.5. The molecule has 18 heavy (non-hydrogen) atoms. The number of rotatable bonds is 0. The topological polar surface area (TPSA) is 38.9 Å². The van der Waals surface area contributed by atoms with Crippen molar-refractivity contribution in [3.63, 3.8) is 0 Å². The van der Waals surface area contributed by atoms with E-state index >= 15 is 0 Å². The zero-order chi connectivity index (χ0) is 13.7. The molecule has 1 heterocycles. The number of anilines is 1. The molecule has 2 nitrogen and oxygen atoms in total. The molecule has 0 bridgehead atoms. The fraction of sp³-hybridized carbons (Fsp3) is 0.533. The smallest absolute Gasteiger partial charge is 0.181 e. The molecular formula is C15H22N2S. The van der Waals surface area contributed by atoms with Crippen LogP contribution in [0, 0.1) is 0 Å².